The maximum Gasteiger partial charge on any atom is 0.137 e. The lowest BCUT2D eigenvalue weighted by molar-refractivity contribution is 0.389. The minimum absolute atomic E-state index is 0.763. The van der Waals surface area contributed by atoms with Gasteiger partial charge in [0, 0.05) is 0 Å². The summed E-state index contributed by atoms with van der Waals surface area (Å²) in [6.45, 7) is 0. The van der Waals surface area contributed by atoms with Crippen molar-refractivity contribution in [1.29, 1.82) is 0 Å². The van der Waals surface area contributed by atoms with Gasteiger partial charge in [0.1, 0.15) is 16.0 Å². The molecule has 0 atom stereocenters. The fraction of sp³-hybridized carbons (Fsp3) is 0.143. The minimum Gasteiger partial charge on any atom is -0.495 e. The summed E-state index contributed by atoms with van der Waals surface area (Å²) in [4.78, 5) is 0. The maximum absolute atomic E-state index is 5.31. The van der Waals surface area contributed by atoms with Crippen LogP contribution in [0.25, 0.3) is 12.2 Å². The lowest BCUT2D eigenvalue weighted by Crippen LogP contribution is -1.90. The first kappa shape index (κ1) is 13.2. The summed E-state index contributed by atoms with van der Waals surface area (Å²) < 4.78 is 11.4. The molecule has 18 heavy (non-hydrogen) atoms. The topological polar surface area (TPSA) is 18.5 Å². The van der Waals surface area contributed by atoms with Crippen molar-refractivity contribution < 1.29 is 9.47 Å². The van der Waals surface area contributed by atoms with Crippen LogP contribution < -0.4 is 9.47 Å². The van der Waals surface area contributed by atoms with E-state index in [2.05, 4.69) is 38.8 Å². The van der Waals surface area contributed by atoms with Crippen LogP contribution in [0.2, 0.25) is 0 Å². The normalized spacial score (nSPS) is 10.8. The Morgan fingerprint density at radius 3 is 2.17 bits per heavy atom. The Bertz CT molecular complexity index is 522. The number of hydrogen-bond acceptors (Lipinski definition) is 3. The highest BCUT2D eigenvalue weighted by Crippen LogP contribution is 2.36. The second-order valence-corrected chi connectivity index (χ2v) is 5.20. The maximum atomic E-state index is 5.31. The van der Waals surface area contributed by atoms with Gasteiger partial charge in [0.05, 0.1) is 14.2 Å². The Kier molecular flexibility index (Phi) is 4.44. The monoisotopic (exact) mass is 324 g/mol. The highest BCUT2D eigenvalue weighted by molar-refractivity contribution is 9.10. The van der Waals surface area contributed by atoms with Crippen molar-refractivity contribution in [2.75, 3.05) is 14.2 Å². The number of methoxy groups -OCH3 is 2. The van der Waals surface area contributed by atoms with Crippen molar-refractivity contribution in [1.82, 2.24) is 0 Å². The molecule has 0 N–H and O–H groups in total. The summed E-state index contributed by atoms with van der Waals surface area (Å²) in [7, 11) is 3.29. The van der Waals surface area contributed by atoms with Crippen LogP contribution in [0.1, 0.15) is 11.1 Å². The SMILES string of the molecule is COc1cc(C=Cc2ccsc2)cc(OC)c1Br. The van der Waals surface area contributed by atoms with Crippen molar-refractivity contribution in [3.05, 3.63) is 44.6 Å². The molecule has 0 saturated heterocycles. The summed E-state index contributed by atoms with van der Waals surface area (Å²) in [5.74, 6) is 1.53. The van der Waals surface area contributed by atoms with Gasteiger partial charge < -0.3 is 9.47 Å². The average molecular weight is 325 g/mol. The Morgan fingerprint density at radius 1 is 1.06 bits per heavy atom. The van der Waals surface area contributed by atoms with Crippen molar-refractivity contribution in [3.8, 4) is 11.5 Å². The molecule has 0 fully saturated rings. The third kappa shape index (κ3) is 2.94. The summed E-state index contributed by atoms with van der Waals surface area (Å²) in [6, 6.07) is 6.01. The molecule has 94 valence electrons. The molecule has 0 spiro atoms. The molecule has 0 aliphatic carbocycles. The number of halogens is 1. The van der Waals surface area contributed by atoms with E-state index >= 15 is 0 Å². The molecule has 2 aromatic rings. The quantitative estimate of drug-likeness (QED) is 0.811. The molecule has 0 aliphatic heterocycles. The zero-order valence-electron chi connectivity index (χ0n) is 10.1. The molecule has 1 aromatic carbocycles. The average Bonchev–Trinajstić information content (AvgIpc) is 2.90. The van der Waals surface area contributed by atoms with Crippen LogP contribution in [0.5, 0.6) is 11.5 Å². The fourth-order valence-electron chi connectivity index (χ4n) is 1.55. The van der Waals surface area contributed by atoms with E-state index in [0.717, 1.165) is 21.5 Å². The van der Waals surface area contributed by atoms with Crippen molar-refractivity contribution in [2.45, 2.75) is 0 Å². The van der Waals surface area contributed by atoms with Crippen molar-refractivity contribution in [3.63, 3.8) is 0 Å². The van der Waals surface area contributed by atoms with Gasteiger partial charge in [-0.05, 0) is 56.0 Å². The van der Waals surface area contributed by atoms with E-state index in [1.807, 2.05) is 18.2 Å². The van der Waals surface area contributed by atoms with Crippen LogP contribution in [0, 0.1) is 0 Å². The standard InChI is InChI=1S/C14H13BrO2S/c1-16-12-7-11(8-13(17-2)14(12)15)4-3-10-5-6-18-9-10/h3-9H,1-2H3. The molecule has 0 saturated carbocycles. The number of benzene rings is 1. The van der Waals surface area contributed by atoms with Crippen molar-refractivity contribution in [2.24, 2.45) is 0 Å². The first-order valence-electron chi connectivity index (χ1n) is 5.36. The summed E-state index contributed by atoms with van der Waals surface area (Å²) >= 11 is 5.14. The predicted octanol–water partition coefficient (Wildman–Crippen LogP) is 4.70. The lowest BCUT2D eigenvalue weighted by Gasteiger charge is -2.09. The minimum atomic E-state index is 0.763. The molecule has 2 nitrogen and oxygen atoms in total. The van der Waals surface area contributed by atoms with Crippen LogP contribution in [0.3, 0.4) is 0 Å². The molecule has 0 bridgehead atoms. The van der Waals surface area contributed by atoms with E-state index in [0.29, 0.717) is 0 Å². The first-order chi connectivity index (χ1) is 8.74. The number of ether oxygens (including phenoxy) is 2. The van der Waals surface area contributed by atoms with Gasteiger partial charge in [-0.3, -0.25) is 0 Å². The second kappa shape index (κ2) is 6.07. The van der Waals surface area contributed by atoms with Gasteiger partial charge in [0.2, 0.25) is 0 Å². The number of rotatable bonds is 4. The van der Waals surface area contributed by atoms with Crippen LogP contribution >= 0.6 is 27.3 Å². The lowest BCUT2D eigenvalue weighted by atomic mass is 10.1. The zero-order chi connectivity index (χ0) is 13.0. The van der Waals surface area contributed by atoms with E-state index < -0.39 is 0 Å². The zero-order valence-corrected chi connectivity index (χ0v) is 12.5. The van der Waals surface area contributed by atoms with Gasteiger partial charge in [0.15, 0.2) is 0 Å². The Morgan fingerprint density at radius 2 is 1.67 bits per heavy atom. The van der Waals surface area contributed by atoms with Gasteiger partial charge in [0.25, 0.3) is 0 Å². The summed E-state index contributed by atoms with van der Waals surface area (Å²) in [6.07, 6.45) is 4.11. The molecule has 0 radical (unpaired) electrons. The van der Waals surface area contributed by atoms with Gasteiger partial charge in [-0.1, -0.05) is 12.2 Å². The van der Waals surface area contributed by atoms with Gasteiger partial charge in [-0.2, -0.15) is 11.3 Å². The third-order valence-electron chi connectivity index (χ3n) is 2.48. The second-order valence-electron chi connectivity index (χ2n) is 3.63. The van der Waals surface area contributed by atoms with Crippen LogP contribution in [0.4, 0.5) is 0 Å². The van der Waals surface area contributed by atoms with E-state index in [1.54, 1.807) is 25.6 Å². The van der Waals surface area contributed by atoms with Gasteiger partial charge in [-0.15, -0.1) is 0 Å². The van der Waals surface area contributed by atoms with Crippen molar-refractivity contribution >= 4 is 39.4 Å². The highest BCUT2D eigenvalue weighted by Gasteiger charge is 2.08. The molecular formula is C14H13BrO2S. The Balaban J connectivity index is 2.33. The number of thiophene rings is 1. The fourth-order valence-corrected chi connectivity index (χ4v) is 2.73. The predicted molar refractivity (Wildman–Crippen MR) is 80.5 cm³/mol. The van der Waals surface area contributed by atoms with E-state index in [4.69, 9.17) is 9.47 Å². The van der Waals surface area contributed by atoms with E-state index in [9.17, 15) is 0 Å². The first-order valence-corrected chi connectivity index (χ1v) is 7.10. The van der Waals surface area contributed by atoms with Crippen LogP contribution in [0.15, 0.2) is 33.4 Å². The van der Waals surface area contributed by atoms with Gasteiger partial charge in [-0.25, -0.2) is 0 Å². The van der Waals surface area contributed by atoms with Crippen LogP contribution in [-0.4, -0.2) is 14.2 Å². The molecule has 4 heteroatoms. The smallest absolute Gasteiger partial charge is 0.137 e. The highest BCUT2D eigenvalue weighted by atomic mass is 79.9. The Labute approximate surface area is 119 Å². The molecule has 0 aliphatic rings. The summed E-state index contributed by atoms with van der Waals surface area (Å²) in [5, 5.41) is 4.16. The van der Waals surface area contributed by atoms with Gasteiger partial charge >= 0.3 is 0 Å². The number of hydrogen-bond donors (Lipinski definition) is 0. The largest absolute Gasteiger partial charge is 0.495 e. The molecule has 0 unspecified atom stereocenters. The van der Waals surface area contributed by atoms with E-state index in [-0.39, 0.29) is 0 Å². The molecule has 2 rings (SSSR count). The molecular weight excluding hydrogens is 312 g/mol. The summed E-state index contributed by atoms with van der Waals surface area (Å²) in [5.41, 5.74) is 2.24. The van der Waals surface area contributed by atoms with Crippen LogP contribution in [-0.2, 0) is 0 Å². The molecule has 1 aromatic heterocycles. The van der Waals surface area contributed by atoms with E-state index in [1.165, 1.54) is 5.56 Å². The Hall–Kier alpha value is -1.26. The third-order valence-corrected chi connectivity index (χ3v) is 3.96. The molecule has 1 heterocycles. The molecule has 0 amide bonds.